The molecule has 0 saturated carbocycles. The van der Waals surface area contributed by atoms with E-state index < -0.39 is 0 Å². The number of piperidine rings is 1. The number of nitrogens with one attached hydrogen (secondary N) is 1. The highest BCUT2D eigenvalue weighted by atomic mass is 16.1. The minimum absolute atomic E-state index is 0.0299. The molecular formula is C20H28N4O. The predicted octanol–water partition coefficient (Wildman–Crippen LogP) is 3.11. The van der Waals surface area contributed by atoms with Crippen LogP contribution < -0.4 is 5.32 Å². The second-order valence-electron chi connectivity index (χ2n) is 6.98. The number of aromatic nitrogens is 2. The standard InChI is InChI=1S/C20H28N4O/c1-17-8-6-14-23(16-17)13-5-4-11-21-20(25)18-9-2-3-10-19(18)24-15-7-12-22-24/h2-3,7,9-10,12,15,17H,4-6,8,11,13-14,16H2,1H3,(H,21,25)/t17-/m1/s1. The van der Waals surface area contributed by atoms with Crippen LogP contribution in [0.2, 0.25) is 0 Å². The fourth-order valence-corrected chi connectivity index (χ4v) is 3.52. The van der Waals surface area contributed by atoms with Crippen LogP contribution in [0.25, 0.3) is 5.69 Å². The molecule has 0 unspecified atom stereocenters. The van der Waals surface area contributed by atoms with Crippen LogP contribution in [-0.4, -0.2) is 46.8 Å². The Bertz CT molecular complexity index is 668. The molecule has 1 saturated heterocycles. The van der Waals surface area contributed by atoms with E-state index in [9.17, 15) is 4.79 Å². The number of para-hydroxylation sites is 1. The Hall–Kier alpha value is -2.14. The largest absolute Gasteiger partial charge is 0.352 e. The van der Waals surface area contributed by atoms with Crippen molar-refractivity contribution in [2.45, 2.75) is 32.6 Å². The summed E-state index contributed by atoms with van der Waals surface area (Å²) >= 11 is 0. The highest BCUT2D eigenvalue weighted by molar-refractivity contribution is 5.97. The fraction of sp³-hybridized carbons (Fsp3) is 0.500. The third kappa shape index (κ3) is 4.92. The van der Waals surface area contributed by atoms with E-state index >= 15 is 0 Å². The van der Waals surface area contributed by atoms with Crippen LogP contribution in [0.1, 0.15) is 43.0 Å². The quantitative estimate of drug-likeness (QED) is 0.788. The van der Waals surface area contributed by atoms with E-state index in [0.717, 1.165) is 37.5 Å². The lowest BCUT2D eigenvalue weighted by Gasteiger charge is -2.30. The Morgan fingerprint density at radius 3 is 2.96 bits per heavy atom. The first-order chi connectivity index (χ1) is 12.2. The summed E-state index contributed by atoms with van der Waals surface area (Å²) in [6.45, 7) is 6.65. The summed E-state index contributed by atoms with van der Waals surface area (Å²) in [4.78, 5) is 15.1. The Kier molecular flexibility index (Phi) is 6.23. The summed E-state index contributed by atoms with van der Waals surface area (Å²) in [5.41, 5.74) is 1.48. The highest BCUT2D eigenvalue weighted by Crippen LogP contribution is 2.16. The predicted molar refractivity (Wildman–Crippen MR) is 100.0 cm³/mol. The van der Waals surface area contributed by atoms with Gasteiger partial charge in [-0.25, -0.2) is 4.68 Å². The van der Waals surface area contributed by atoms with E-state index in [1.54, 1.807) is 10.9 Å². The minimum atomic E-state index is -0.0299. The van der Waals surface area contributed by atoms with Gasteiger partial charge in [0.25, 0.3) is 5.91 Å². The van der Waals surface area contributed by atoms with E-state index in [0.29, 0.717) is 5.56 Å². The van der Waals surface area contributed by atoms with Gasteiger partial charge >= 0.3 is 0 Å². The van der Waals surface area contributed by atoms with Gasteiger partial charge in [-0.05, 0) is 62.9 Å². The van der Waals surface area contributed by atoms with Gasteiger partial charge in [0.2, 0.25) is 0 Å². The van der Waals surface area contributed by atoms with Crippen molar-refractivity contribution in [3.05, 3.63) is 48.3 Å². The van der Waals surface area contributed by atoms with E-state index in [1.165, 1.54) is 25.9 Å². The lowest BCUT2D eigenvalue weighted by Crippen LogP contribution is -2.35. The van der Waals surface area contributed by atoms with Gasteiger partial charge in [-0.15, -0.1) is 0 Å². The van der Waals surface area contributed by atoms with Gasteiger partial charge in [-0.1, -0.05) is 19.1 Å². The van der Waals surface area contributed by atoms with Crippen LogP contribution in [0.4, 0.5) is 0 Å². The summed E-state index contributed by atoms with van der Waals surface area (Å²) < 4.78 is 1.73. The van der Waals surface area contributed by atoms with Crippen molar-refractivity contribution in [3.63, 3.8) is 0 Å². The number of carbonyl (C=O) groups is 1. The average molecular weight is 340 g/mol. The van der Waals surface area contributed by atoms with E-state index in [-0.39, 0.29) is 5.91 Å². The second-order valence-corrected chi connectivity index (χ2v) is 6.98. The van der Waals surface area contributed by atoms with Crippen molar-refractivity contribution in [1.82, 2.24) is 20.0 Å². The van der Waals surface area contributed by atoms with Crippen LogP contribution in [-0.2, 0) is 0 Å². The zero-order valence-corrected chi connectivity index (χ0v) is 15.0. The van der Waals surface area contributed by atoms with Crippen molar-refractivity contribution < 1.29 is 4.79 Å². The molecule has 1 aromatic heterocycles. The smallest absolute Gasteiger partial charge is 0.253 e. The van der Waals surface area contributed by atoms with Crippen molar-refractivity contribution in [3.8, 4) is 5.69 Å². The van der Waals surface area contributed by atoms with Crippen molar-refractivity contribution in [2.75, 3.05) is 26.2 Å². The third-order valence-electron chi connectivity index (χ3n) is 4.83. The molecule has 1 atom stereocenters. The SMILES string of the molecule is C[C@@H]1CCCN(CCCCNC(=O)c2ccccc2-n2cccn2)C1. The second kappa shape index (κ2) is 8.81. The summed E-state index contributed by atoms with van der Waals surface area (Å²) in [5, 5.41) is 7.28. The first-order valence-corrected chi connectivity index (χ1v) is 9.33. The molecule has 0 radical (unpaired) electrons. The molecule has 0 bridgehead atoms. The van der Waals surface area contributed by atoms with Gasteiger partial charge in [0.05, 0.1) is 11.3 Å². The first-order valence-electron chi connectivity index (χ1n) is 9.33. The molecule has 2 aromatic rings. The molecule has 0 spiro atoms. The number of benzene rings is 1. The molecular weight excluding hydrogens is 312 g/mol. The molecule has 5 nitrogen and oxygen atoms in total. The zero-order chi connectivity index (χ0) is 17.5. The monoisotopic (exact) mass is 340 g/mol. The first kappa shape index (κ1) is 17.7. The van der Waals surface area contributed by atoms with Gasteiger partial charge in [0.1, 0.15) is 0 Å². The summed E-state index contributed by atoms with van der Waals surface area (Å²) in [7, 11) is 0. The molecule has 25 heavy (non-hydrogen) atoms. The van der Waals surface area contributed by atoms with Crippen molar-refractivity contribution in [2.24, 2.45) is 5.92 Å². The van der Waals surface area contributed by atoms with Crippen LogP contribution in [0.5, 0.6) is 0 Å². The summed E-state index contributed by atoms with van der Waals surface area (Å²) in [6, 6.07) is 9.43. The maximum Gasteiger partial charge on any atom is 0.253 e. The number of carbonyl (C=O) groups excluding carboxylic acids is 1. The molecule has 3 rings (SSSR count). The molecule has 1 aliphatic rings. The van der Waals surface area contributed by atoms with Gasteiger partial charge < -0.3 is 10.2 Å². The summed E-state index contributed by atoms with van der Waals surface area (Å²) in [6.07, 6.45) is 8.40. The maximum atomic E-state index is 12.5. The lowest BCUT2D eigenvalue weighted by atomic mass is 10.0. The maximum absolute atomic E-state index is 12.5. The van der Waals surface area contributed by atoms with Gasteiger partial charge in [-0.2, -0.15) is 5.10 Å². The number of likely N-dealkylation sites (tertiary alicyclic amines) is 1. The van der Waals surface area contributed by atoms with E-state index in [1.807, 2.05) is 36.5 Å². The van der Waals surface area contributed by atoms with Crippen LogP contribution in [0.3, 0.4) is 0 Å². The fourth-order valence-electron chi connectivity index (χ4n) is 3.52. The van der Waals surface area contributed by atoms with Gasteiger partial charge in [0, 0.05) is 25.5 Å². The van der Waals surface area contributed by atoms with Crippen LogP contribution >= 0.6 is 0 Å². The molecule has 2 heterocycles. The van der Waals surface area contributed by atoms with Gasteiger partial charge in [-0.3, -0.25) is 4.79 Å². The Labute approximate surface area is 150 Å². The highest BCUT2D eigenvalue weighted by Gasteiger charge is 2.15. The topological polar surface area (TPSA) is 50.2 Å². The van der Waals surface area contributed by atoms with Crippen LogP contribution in [0.15, 0.2) is 42.7 Å². The number of rotatable bonds is 7. The molecule has 1 amide bonds. The molecule has 1 fully saturated rings. The molecule has 1 N–H and O–H groups in total. The number of amides is 1. The van der Waals surface area contributed by atoms with E-state index in [2.05, 4.69) is 22.2 Å². The number of hydrogen-bond acceptors (Lipinski definition) is 3. The Morgan fingerprint density at radius 2 is 2.16 bits per heavy atom. The molecule has 1 aliphatic heterocycles. The lowest BCUT2D eigenvalue weighted by molar-refractivity contribution is 0.0952. The Morgan fingerprint density at radius 1 is 1.28 bits per heavy atom. The van der Waals surface area contributed by atoms with Gasteiger partial charge in [0.15, 0.2) is 0 Å². The normalized spacial score (nSPS) is 18.2. The van der Waals surface area contributed by atoms with Crippen LogP contribution in [0, 0.1) is 5.92 Å². The molecule has 0 aliphatic carbocycles. The Balaban J connectivity index is 1.44. The third-order valence-corrected chi connectivity index (χ3v) is 4.83. The van der Waals surface area contributed by atoms with Crippen molar-refractivity contribution in [1.29, 1.82) is 0 Å². The summed E-state index contributed by atoms with van der Waals surface area (Å²) in [5.74, 6) is 0.796. The van der Waals surface area contributed by atoms with Crippen molar-refractivity contribution >= 4 is 5.91 Å². The molecule has 5 heteroatoms. The number of unbranched alkanes of at least 4 members (excludes halogenated alkanes) is 1. The number of hydrogen-bond donors (Lipinski definition) is 1. The molecule has 1 aromatic carbocycles. The number of nitrogens with zero attached hydrogens (tertiary/aromatic N) is 3. The minimum Gasteiger partial charge on any atom is -0.352 e. The molecule has 134 valence electrons. The van der Waals surface area contributed by atoms with E-state index in [4.69, 9.17) is 0 Å². The average Bonchev–Trinajstić information content (AvgIpc) is 3.16. The zero-order valence-electron chi connectivity index (χ0n) is 15.0.